The van der Waals surface area contributed by atoms with E-state index in [0.29, 0.717) is 12.1 Å². The lowest BCUT2D eigenvalue weighted by molar-refractivity contribution is 0.316. The summed E-state index contributed by atoms with van der Waals surface area (Å²) in [7, 11) is 0. The van der Waals surface area contributed by atoms with Crippen molar-refractivity contribution >= 4 is 21.6 Å². The van der Waals surface area contributed by atoms with Crippen molar-refractivity contribution in [3.63, 3.8) is 0 Å². The Kier molecular flexibility index (Phi) is 4.91. The quantitative estimate of drug-likeness (QED) is 0.905. The van der Waals surface area contributed by atoms with Crippen molar-refractivity contribution in [2.24, 2.45) is 5.92 Å². The van der Waals surface area contributed by atoms with Gasteiger partial charge < -0.3 is 10.2 Å². The van der Waals surface area contributed by atoms with E-state index in [1.54, 1.807) is 0 Å². The number of hydrogen-bond donors (Lipinski definition) is 1. The van der Waals surface area contributed by atoms with Crippen molar-refractivity contribution in [2.75, 3.05) is 18.0 Å². The Morgan fingerprint density at radius 1 is 1.42 bits per heavy atom. The molecule has 1 aromatic carbocycles. The molecule has 2 nitrogen and oxygen atoms in total. The van der Waals surface area contributed by atoms with Gasteiger partial charge in [-0.3, -0.25) is 0 Å². The Hall–Kier alpha value is -0.540. The lowest BCUT2D eigenvalue weighted by Gasteiger charge is -2.42. The van der Waals surface area contributed by atoms with Crippen LogP contribution in [-0.2, 0) is 0 Å². The van der Waals surface area contributed by atoms with E-state index in [1.807, 2.05) is 0 Å². The molecule has 0 bridgehead atoms. The van der Waals surface area contributed by atoms with Crippen LogP contribution in [0, 0.1) is 12.8 Å². The summed E-state index contributed by atoms with van der Waals surface area (Å²) in [5, 5.41) is 3.70. The molecule has 0 aliphatic carbocycles. The molecule has 1 fully saturated rings. The fraction of sp³-hybridized carbons (Fsp3) is 0.625. The highest BCUT2D eigenvalue weighted by molar-refractivity contribution is 9.10. The first-order chi connectivity index (χ1) is 9.01. The van der Waals surface area contributed by atoms with Crippen molar-refractivity contribution in [2.45, 2.75) is 46.2 Å². The van der Waals surface area contributed by atoms with Gasteiger partial charge in [0.05, 0.1) is 0 Å². The van der Waals surface area contributed by atoms with Gasteiger partial charge in [0.15, 0.2) is 0 Å². The molecule has 3 atom stereocenters. The van der Waals surface area contributed by atoms with Gasteiger partial charge in [0, 0.05) is 35.3 Å². The van der Waals surface area contributed by atoms with E-state index in [1.165, 1.54) is 22.1 Å². The number of anilines is 1. The normalized spacial score (nSPS) is 25.4. The minimum Gasteiger partial charge on any atom is -0.366 e. The van der Waals surface area contributed by atoms with Gasteiger partial charge in [-0.1, -0.05) is 36.2 Å². The molecule has 1 saturated heterocycles. The van der Waals surface area contributed by atoms with Gasteiger partial charge >= 0.3 is 0 Å². The number of nitrogens with one attached hydrogen (secondary N) is 1. The highest BCUT2D eigenvalue weighted by Gasteiger charge is 2.27. The third kappa shape index (κ3) is 3.51. The lowest BCUT2D eigenvalue weighted by atomic mass is 9.95. The molecule has 1 aliphatic heterocycles. The van der Waals surface area contributed by atoms with Crippen LogP contribution in [-0.4, -0.2) is 25.2 Å². The Labute approximate surface area is 125 Å². The second kappa shape index (κ2) is 6.27. The van der Waals surface area contributed by atoms with Crippen LogP contribution in [0.3, 0.4) is 0 Å². The van der Waals surface area contributed by atoms with Gasteiger partial charge in [0.1, 0.15) is 0 Å². The number of nitrogens with zero attached hydrogens (tertiary/aromatic N) is 1. The smallest absolute Gasteiger partial charge is 0.0387 e. The van der Waals surface area contributed by atoms with Gasteiger partial charge in [-0.2, -0.15) is 0 Å². The summed E-state index contributed by atoms with van der Waals surface area (Å²) in [5.41, 5.74) is 2.66. The molecule has 0 spiro atoms. The van der Waals surface area contributed by atoms with E-state index in [-0.39, 0.29) is 0 Å². The minimum atomic E-state index is 0.550. The van der Waals surface area contributed by atoms with Crippen molar-refractivity contribution in [3.8, 4) is 0 Å². The first-order valence-electron chi connectivity index (χ1n) is 7.28. The average Bonchev–Trinajstić information content (AvgIpc) is 2.37. The SMILES string of the molecule is CCC(C)C1CN(c2cc(C)cc(Br)c2)C(C)CN1. The summed E-state index contributed by atoms with van der Waals surface area (Å²) in [6, 6.07) is 7.85. The number of halogens is 1. The standard InChI is InChI=1S/C16H25BrN2/c1-5-12(3)16-10-19(13(4)9-18-16)15-7-11(2)6-14(17)8-15/h6-8,12-13,16,18H,5,9-10H2,1-4H3. The van der Waals surface area contributed by atoms with Gasteiger partial charge in [0.2, 0.25) is 0 Å². The molecule has 0 amide bonds. The van der Waals surface area contributed by atoms with Gasteiger partial charge in [-0.05, 0) is 43.5 Å². The van der Waals surface area contributed by atoms with Gasteiger partial charge in [-0.25, -0.2) is 0 Å². The third-order valence-electron chi connectivity index (χ3n) is 4.29. The summed E-state index contributed by atoms with van der Waals surface area (Å²) >= 11 is 3.61. The predicted octanol–water partition coefficient (Wildman–Crippen LogP) is 3.97. The van der Waals surface area contributed by atoms with Crippen LogP contribution in [0.1, 0.15) is 32.8 Å². The summed E-state index contributed by atoms with van der Waals surface area (Å²) in [6.07, 6.45) is 1.23. The second-order valence-corrected chi connectivity index (χ2v) is 6.80. The Balaban J connectivity index is 2.20. The van der Waals surface area contributed by atoms with E-state index in [4.69, 9.17) is 0 Å². The molecule has 1 N–H and O–H groups in total. The number of hydrogen-bond acceptors (Lipinski definition) is 2. The maximum Gasteiger partial charge on any atom is 0.0387 e. The zero-order valence-electron chi connectivity index (χ0n) is 12.4. The second-order valence-electron chi connectivity index (χ2n) is 5.89. The van der Waals surface area contributed by atoms with Crippen molar-refractivity contribution in [3.05, 3.63) is 28.2 Å². The van der Waals surface area contributed by atoms with Gasteiger partial charge in [0.25, 0.3) is 0 Å². The summed E-state index contributed by atoms with van der Waals surface area (Å²) in [5.74, 6) is 0.725. The Morgan fingerprint density at radius 2 is 2.16 bits per heavy atom. The first-order valence-corrected chi connectivity index (χ1v) is 8.07. The minimum absolute atomic E-state index is 0.550. The van der Waals surface area contributed by atoms with Crippen LogP contribution in [0.4, 0.5) is 5.69 Å². The van der Waals surface area contributed by atoms with E-state index in [0.717, 1.165) is 19.0 Å². The van der Waals surface area contributed by atoms with E-state index >= 15 is 0 Å². The molecule has 1 heterocycles. The molecule has 1 aliphatic rings. The van der Waals surface area contributed by atoms with Crippen molar-refractivity contribution in [1.29, 1.82) is 0 Å². The molecule has 0 radical (unpaired) electrons. The molecule has 1 aromatic rings. The fourth-order valence-corrected chi connectivity index (χ4v) is 3.39. The molecule has 0 aromatic heterocycles. The highest BCUT2D eigenvalue weighted by Crippen LogP contribution is 2.27. The monoisotopic (exact) mass is 324 g/mol. The molecule has 2 rings (SSSR count). The van der Waals surface area contributed by atoms with Crippen LogP contribution in [0.5, 0.6) is 0 Å². The fourth-order valence-electron chi connectivity index (χ4n) is 2.80. The molecule has 0 saturated carbocycles. The zero-order valence-corrected chi connectivity index (χ0v) is 14.0. The molecule has 19 heavy (non-hydrogen) atoms. The van der Waals surface area contributed by atoms with E-state index < -0.39 is 0 Å². The van der Waals surface area contributed by atoms with E-state index in [9.17, 15) is 0 Å². The molecule has 3 heteroatoms. The Bertz CT molecular complexity index is 413. The first kappa shape index (κ1) is 14.9. The van der Waals surface area contributed by atoms with Crippen LogP contribution >= 0.6 is 15.9 Å². The maximum atomic E-state index is 3.70. The average molecular weight is 325 g/mol. The summed E-state index contributed by atoms with van der Waals surface area (Å²) < 4.78 is 1.17. The summed E-state index contributed by atoms with van der Waals surface area (Å²) in [6.45, 7) is 11.3. The number of rotatable bonds is 3. The number of benzene rings is 1. The molecular formula is C16H25BrN2. The van der Waals surface area contributed by atoms with Crippen LogP contribution in [0.25, 0.3) is 0 Å². The van der Waals surface area contributed by atoms with Crippen molar-refractivity contribution in [1.82, 2.24) is 5.32 Å². The number of aryl methyl sites for hydroxylation is 1. The number of piperazine rings is 1. The highest BCUT2D eigenvalue weighted by atomic mass is 79.9. The summed E-state index contributed by atoms with van der Waals surface area (Å²) in [4.78, 5) is 2.55. The molecular weight excluding hydrogens is 300 g/mol. The lowest BCUT2D eigenvalue weighted by Crippen LogP contribution is -2.57. The van der Waals surface area contributed by atoms with Crippen LogP contribution in [0.15, 0.2) is 22.7 Å². The molecule has 3 unspecified atom stereocenters. The van der Waals surface area contributed by atoms with Crippen LogP contribution < -0.4 is 10.2 Å². The third-order valence-corrected chi connectivity index (χ3v) is 4.75. The largest absolute Gasteiger partial charge is 0.366 e. The molecule has 106 valence electrons. The topological polar surface area (TPSA) is 15.3 Å². The zero-order chi connectivity index (χ0) is 14.0. The predicted molar refractivity (Wildman–Crippen MR) is 86.9 cm³/mol. The maximum absolute atomic E-state index is 3.70. The van der Waals surface area contributed by atoms with Gasteiger partial charge in [-0.15, -0.1) is 0 Å². The van der Waals surface area contributed by atoms with Crippen molar-refractivity contribution < 1.29 is 0 Å². The van der Waals surface area contributed by atoms with Crippen LogP contribution in [0.2, 0.25) is 0 Å². The van der Waals surface area contributed by atoms with E-state index in [2.05, 4.69) is 72.0 Å². The Morgan fingerprint density at radius 3 is 2.79 bits per heavy atom.